The van der Waals surface area contributed by atoms with E-state index in [2.05, 4.69) is 4.98 Å². The zero-order valence-corrected chi connectivity index (χ0v) is 7.54. The lowest BCUT2D eigenvalue weighted by Crippen LogP contribution is -2.42. The molecule has 2 nitrogen and oxygen atoms in total. The van der Waals surface area contributed by atoms with Crippen molar-refractivity contribution in [3.8, 4) is 0 Å². The van der Waals surface area contributed by atoms with Crippen LogP contribution in [0.2, 0.25) is 0 Å². The number of hydrogen-bond acceptors (Lipinski definition) is 2. The number of aromatic nitrogens is 1. The van der Waals surface area contributed by atoms with Gasteiger partial charge in [0.1, 0.15) is 0 Å². The minimum absolute atomic E-state index is 0.366. The second-order valence-corrected chi connectivity index (χ2v) is 2.93. The molecule has 0 aliphatic carbocycles. The van der Waals surface area contributed by atoms with Crippen LogP contribution in [0.3, 0.4) is 0 Å². The topological polar surface area (TPSA) is 33.1 Å². The van der Waals surface area contributed by atoms with Crippen molar-refractivity contribution in [2.45, 2.75) is 25.1 Å². The van der Waals surface area contributed by atoms with Gasteiger partial charge in [-0.15, -0.1) is 0 Å². The van der Waals surface area contributed by atoms with Gasteiger partial charge in [0.05, 0.1) is 5.69 Å². The summed E-state index contributed by atoms with van der Waals surface area (Å²) < 4.78 is 37.5. The number of aliphatic hydroxyl groups is 1. The summed E-state index contributed by atoms with van der Waals surface area (Å²) in [6, 6.07) is 4.07. The lowest BCUT2D eigenvalue weighted by Gasteiger charge is -2.28. The molecule has 0 aliphatic rings. The molecule has 14 heavy (non-hydrogen) atoms. The lowest BCUT2D eigenvalue weighted by molar-refractivity contribution is -0.269. The molecular formula is C9H10F3NO. The fraction of sp³-hybridized carbons (Fsp3) is 0.444. The van der Waals surface area contributed by atoms with E-state index in [4.69, 9.17) is 0 Å². The highest BCUT2D eigenvalue weighted by atomic mass is 19.4. The van der Waals surface area contributed by atoms with Crippen LogP contribution in [0.25, 0.3) is 0 Å². The van der Waals surface area contributed by atoms with Gasteiger partial charge in [0.25, 0.3) is 0 Å². The number of hydrogen-bond donors (Lipinski definition) is 1. The Hall–Kier alpha value is -1.10. The molecule has 0 fully saturated rings. The maximum Gasteiger partial charge on any atom is 0.422 e. The largest absolute Gasteiger partial charge is 0.422 e. The highest BCUT2D eigenvalue weighted by Crippen LogP contribution is 2.40. The Balaban J connectivity index is 3.15. The van der Waals surface area contributed by atoms with E-state index in [1.165, 1.54) is 25.3 Å². The molecule has 0 amide bonds. The van der Waals surface area contributed by atoms with Crippen LogP contribution in [0.4, 0.5) is 13.2 Å². The molecule has 0 radical (unpaired) electrons. The molecular weight excluding hydrogens is 195 g/mol. The zero-order chi connectivity index (χ0) is 10.8. The summed E-state index contributed by atoms with van der Waals surface area (Å²) in [5, 5.41) is 9.44. The molecule has 1 atom stereocenters. The summed E-state index contributed by atoms with van der Waals surface area (Å²) in [6.45, 7) is 1.27. The Labute approximate surface area is 79.4 Å². The van der Waals surface area contributed by atoms with E-state index < -0.39 is 18.2 Å². The second kappa shape index (κ2) is 3.57. The van der Waals surface area contributed by atoms with Gasteiger partial charge in [0.15, 0.2) is 0 Å². The molecule has 1 aromatic rings. The maximum absolute atomic E-state index is 12.5. The molecule has 0 aliphatic heterocycles. The summed E-state index contributed by atoms with van der Waals surface area (Å²) >= 11 is 0. The van der Waals surface area contributed by atoms with Crippen LogP contribution in [0.15, 0.2) is 24.4 Å². The number of halogens is 3. The highest BCUT2D eigenvalue weighted by molar-refractivity contribution is 5.15. The number of alkyl halides is 3. The first-order valence-corrected chi connectivity index (χ1v) is 4.12. The van der Waals surface area contributed by atoms with Crippen LogP contribution in [-0.2, 0) is 5.60 Å². The van der Waals surface area contributed by atoms with Gasteiger partial charge >= 0.3 is 6.18 Å². The standard InChI is InChI=1S/C9H10F3NO/c1-2-8(14,9(10,11)12)7-5-3-4-6-13-7/h3-6,14H,2H2,1H3. The molecule has 1 N–H and O–H groups in total. The van der Waals surface area contributed by atoms with Crippen molar-refractivity contribution in [1.82, 2.24) is 4.98 Å². The first kappa shape index (κ1) is 11.0. The second-order valence-electron chi connectivity index (χ2n) is 2.93. The molecule has 5 heteroatoms. The van der Waals surface area contributed by atoms with E-state index in [-0.39, 0.29) is 5.69 Å². The molecule has 1 unspecified atom stereocenters. The van der Waals surface area contributed by atoms with Gasteiger partial charge in [-0.1, -0.05) is 13.0 Å². The third-order valence-corrected chi connectivity index (χ3v) is 2.07. The fourth-order valence-corrected chi connectivity index (χ4v) is 1.13. The molecule has 1 aromatic heterocycles. The van der Waals surface area contributed by atoms with Gasteiger partial charge in [-0.25, -0.2) is 0 Å². The molecule has 0 spiro atoms. The Kier molecular flexibility index (Phi) is 2.80. The number of rotatable bonds is 2. The predicted octanol–water partition coefficient (Wildman–Crippen LogP) is 2.24. The fourth-order valence-electron chi connectivity index (χ4n) is 1.13. The van der Waals surface area contributed by atoms with Crippen molar-refractivity contribution < 1.29 is 18.3 Å². The van der Waals surface area contributed by atoms with E-state index in [0.717, 1.165) is 6.07 Å². The van der Waals surface area contributed by atoms with E-state index in [1.54, 1.807) is 0 Å². The third kappa shape index (κ3) is 1.72. The lowest BCUT2D eigenvalue weighted by atomic mass is 9.95. The molecule has 1 rings (SSSR count). The summed E-state index contributed by atoms with van der Waals surface area (Å²) in [6.07, 6.45) is -3.93. The van der Waals surface area contributed by atoms with Crippen LogP contribution >= 0.6 is 0 Å². The van der Waals surface area contributed by atoms with Gasteiger partial charge in [-0.3, -0.25) is 4.98 Å². The van der Waals surface area contributed by atoms with Gasteiger partial charge < -0.3 is 5.11 Å². The van der Waals surface area contributed by atoms with Crippen molar-refractivity contribution >= 4 is 0 Å². The highest BCUT2D eigenvalue weighted by Gasteiger charge is 2.54. The van der Waals surface area contributed by atoms with E-state index in [0.29, 0.717) is 0 Å². The van der Waals surface area contributed by atoms with Gasteiger partial charge in [-0.05, 0) is 18.6 Å². The van der Waals surface area contributed by atoms with Gasteiger partial charge in [0, 0.05) is 6.20 Å². The van der Waals surface area contributed by atoms with Crippen molar-refractivity contribution in [3.05, 3.63) is 30.1 Å². The van der Waals surface area contributed by atoms with Crippen LogP contribution in [-0.4, -0.2) is 16.3 Å². The summed E-state index contributed by atoms with van der Waals surface area (Å²) in [5.41, 5.74) is -3.20. The third-order valence-electron chi connectivity index (χ3n) is 2.07. The van der Waals surface area contributed by atoms with Gasteiger partial charge in [-0.2, -0.15) is 13.2 Å². The normalized spacial score (nSPS) is 16.4. The van der Waals surface area contributed by atoms with Crippen molar-refractivity contribution in [1.29, 1.82) is 0 Å². The first-order chi connectivity index (χ1) is 6.42. The Morgan fingerprint density at radius 1 is 1.36 bits per heavy atom. The number of nitrogens with zero attached hydrogens (tertiary/aromatic N) is 1. The Morgan fingerprint density at radius 3 is 2.36 bits per heavy atom. The van der Waals surface area contributed by atoms with Crippen LogP contribution in [0, 0.1) is 0 Å². The smallest absolute Gasteiger partial charge is 0.375 e. The van der Waals surface area contributed by atoms with Crippen LogP contribution in [0.1, 0.15) is 19.0 Å². The zero-order valence-electron chi connectivity index (χ0n) is 7.54. The van der Waals surface area contributed by atoms with E-state index in [1.807, 2.05) is 0 Å². The molecule has 0 saturated heterocycles. The Morgan fingerprint density at radius 2 is 2.00 bits per heavy atom. The average Bonchev–Trinajstić information content (AvgIpc) is 2.16. The summed E-state index contributed by atoms with van der Waals surface area (Å²) in [7, 11) is 0. The molecule has 0 saturated carbocycles. The maximum atomic E-state index is 12.5. The van der Waals surface area contributed by atoms with Gasteiger partial charge in [0.2, 0.25) is 5.60 Å². The van der Waals surface area contributed by atoms with Crippen molar-refractivity contribution in [2.75, 3.05) is 0 Å². The van der Waals surface area contributed by atoms with E-state index >= 15 is 0 Å². The molecule has 1 heterocycles. The summed E-state index contributed by atoms with van der Waals surface area (Å²) in [5.74, 6) is 0. The molecule has 78 valence electrons. The van der Waals surface area contributed by atoms with Crippen LogP contribution in [0.5, 0.6) is 0 Å². The SMILES string of the molecule is CCC(O)(c1ccccn1)C(F)(F)F. The van der Waals surface area contributed by atoms with E-state index in [9.17, 15) is 18.3 Å². The van der Waals surface area contributed by atoms with Crippen LogP contribution < -0.4 is 0 Å². The van der Waals surface area contributed by atoms with Crippen molar-refractivity contribution in [2.24, 2.45) is 0 Å². The first-order valence-electron chi connectivity index (χ1n) is 4.12. The predicted molar refractivity (Wildman–Crippen MR) is 44.5 cm³/mol. The minimum Gasteiger partial charge on any atom is -0.375 e. The average molecular weight is 205 g/mol. The minimum atomic E-state index is -4.70. The van der Waals surface area contributed by atoms with Crippen molar-refractivity contribution in [3.63, 3.8) is 0 Å². The molecule has 0 bridgehead atoms. The summed E-state index contributed by atoms with van der Waals surface area (Å²) in [4.78, 5) is 3.52. The monoisotopic (exact) mass is 205 g/mol. The quantitative estimate of drug-likeness (QED) is 0.803. The molecule has 0 aromatic carbocycles. The Bertz CT molecular complexity index is 299. The number of pyridine rings is 1.